The third-order valence-electron chi connectivity index (χ3n) is 5.36. The second-order valence-corrected chi connectivity index (χ2v) is 8.26. The van der Waals surface area contributed by atoms with Gasteiger partial charge in [-0.1, -0.05) is 37.8 Å². The molecule has 0 aliphatic heterocycles. The van der Waals surface area contributed by atoms with Gasteiger partial charge in [-0.25, -0.2) is 5.43 Å². The molecule has 0 fully saturated rings. The van der Waals surface area contributed by atoms with Crippen LogP contribution < -0.4 is 30.3 Å². The van der Waals surface area contributed by atoms with E-state index in [-0.39, 0.29) is 12.5 Å². The fourth-order valence-electron chi connectivity index (χ4n) is 3.47. The first-order valence-corrected chi connectivity index (χ1v) is 12.7. The van der Waals surface area contributed by atoms with Crippen molar-refractivity contribution in [3.8, 4) is 17.2 Å². The van der Waals surface area contributed by atoms with Crippen LogP contribution in [0.3, 0.4) is 0 Å². The number of carbonyl (C=O) groups is 3. The zero-order chi connectivity index (χ0) is 28.7. The Hall–Kier alpha value is -5.12. The monoisotopic (exact) mass is 544 g/mol. The minimum atomic E-state index is -0.941. The molecular weight excluding hydrogens is 512 g/mol. The Morgan fingerprint density at radius 3 is 2.38 bits per heavy atom. The van der Waals surface area contributed by atoms with E-state index in [4.69, 9.17) is 14.2 Å². The molecule has 40 heavy (non-hydrogen) atoms. The fourth-order valence-corrected chi connectivity index (χ4v) is 3.47. The van der Waals surface area contributed by atoms with Crippen molar-refractivity contribution in [1.82, 2.24) is 5.43 Å². The summed E-state index contributed by atoms with van der Waals surface area (Å²) in [5, 5.41) is 9.19. The third kappa shape index (κ3) is 9.02. The number of benzene rings is 3. The molecule has 0 heterocycles. The van der Waals surface area contributed by atoms with E-state index in [0.29, 0.717) is 41.7 Å². The highest BCUT2D eigenvalue weighted by molar-refractivity contribution is 6.39. The second-order valence-electron chi connectivity index (χ2n) is 8.26. The van der Waals surface area contributed by atoms with E-state index in [0.717, 1.165) is 17.7 Å². The molecule has 0 saturated carbocycles. The maximum absolute atomic E-state index is 12.4. The fraction of sp³-hybridized carbons (Fsp3) is 0.200. The molecule has 10 heteroatoms. The van der Waals surface area contributed by atoms with Gasteiger partial charge in [-0.05, 0) is 73.0 Å². The zero-order valence-electron chi connectivity index (χ0n) is 22.4. The first-order chi connectivity index (χ1) is 19.4. The van der Waals surface area contributed by atoms with Crippen LogP contribution in [0.4, 0.5) is 11.4 Å². The van der Waals surface area contributed by atoms with Gasteiger partial charge in [-0.2, -0.15) is 5.10 Å². The largest absolute Gasteiger partial charge is 0.490 e. The summed E-state index contributed by atoms with van der Waals surface area (Å²) < 4.78 is 16.7. The molecule has 0 bridgehead atoms. The lowest BCUT2D eigenvalue weighted by molar-refractivity contribution is -0.136. The third-order valence-corrected chi connectivity index (χ3v) is 5.36. The van der Waals surface area contributed by atoms with E-state index >= 15 is 0 Å². The number of amides is 3. The highest BCUT2D eigenvalue weighted by atomic mass is 16.5. The number of hydrogen-bond acceptors (Lipinski definition) is 7. The molecule has 3 amide bonds. The highest BCUT2D eigenvalue weighted by Crippen LogP contribution is 2.28. The first-order valence-electron chi connectivity index (χ1n) is 12.7. The molecule has 3 aromatic carbocycles. The van der Waals surface area contributed by atoms with Gasteiger partial charge in [0.15, 0.2) is 18.1 Å². The van der Waals surface area contributed by atoms with E-state index in [9.17, 15) is 14.4 Å². The van der Waals surface area contributed by atoms with Gasteiger partial charge in [0.25, 0.3) is 5.91 Å². The van der Waals surface area contributed by atoms with Crippen LogP contribution in [0.1, 0.15) is 25.0 Å². The Bertz CT molecular complexity index is 1350. The molecule has 208 valence electrons. The van der Waals surface area contributed by atoms with Gasteiger partial charge in [-0.15, -0.1) is 0 Å². The van der Waals surface area contributed by atoms with E-state index in [1.807, 2.05) is 38.1 Å². The van der Waals surface area contributed by atoms with Crippen LogP contribution in [0.25, 0.3) is 0 Å². The van der Waals surface area contributed by atoms with Crippen molar-refractivity contribution in [2.75, 3.05) is 30.5 Å². The summed E-state index contributed by atoms with van der Waals surface area (Å²) in [6.07, 6.45) is 3.77. The minimum absolute atomic E-state index is 0.207. The Kier molecular flexibility index (Phi) is 11.3. The number of nitrogens with zero attached hydrogens (tertiary/aromatic N) is 1. The molecule has 3 rings (SSSR count). The van der Waals surface area contributed by atoms with Crippen molar-refractivity contribution in [2.24, 2.45) is 5.10 Å². The number of aryl methyl sites for hydroxylation is 1. The summed E-state index contributed by atoms with van der Waals surface area (Å²) in [5.41, 5.74) is 4.97. The van der Waals surface area contributed by atoms with Crippen molar-refractivity contribution in [3.05, 3.63) is 90.5 Å². The standard InChI is InChI=1S/C30H32N4O6/c1-4-17-39-24-14-12-23(13-15-24)32-29(36)30(37)34-31-19-21-11-16-26(27(18-21)38-6-3)40-20-28(35)33-25-10-8-7-9-22(25)5-2/h4,7-16,18-19H,1,5-6,17,20H2,2-3H3,(H,32,36)(H,33,35)(H,34,37)/b31-19-. The lowest BCUT2D eigenvalue weighted by Crippen LogP contribution is -2.32. The average molecular weight is 545 g/mol. The van der Waals surface area contributed by atoms with Crippen LogP contribution in [-0.4, -0.2) is 43.8 Å². The number of para-hydroxylation sites is 1. The minimum Gasteiger partial charge on any atom is -0.490 e. The molecule has 3 aromatic rings. The topological polar surface area (TPSA) is 127 Å². The smallest absolute Gasteiger partial charge is 0.329 e. The zero-order valence-corrected chi connectivity index (χ0v) is 22.4. The summed E-state index contributed by atoms with van der Waals surface area (Å²) in [4.78, 5) is 36.7. The lowest BCUT2D eigenvalue weighted by atomic mass is 10.1. The van der Waals surface area contributed by atoms with Crippen LogP contribution in [-0.2, 0) is 20.8 Å². The number of hydrazone groups is 1. The van der Waals surface area contributed by atoms with Crippen LogP contribution in [0.5, 0.6) is 17.2 Å². The molecule has 0 spiro atoms. The SMILES string of the molecule is C=CCOc1ccc(NC(=O)C(=O)N/N=C\c2ccc(OCC(=O)Nc3ccccc3CC)c(OCC)c2)cc1. The van der Waals surface area contributed by atoms with Crippen molar-refractivity contribution < 1.29 is 28.6 Å². The molecule has 0 atom stereocenters. The van der Waals surface area contributed by atoms with Crippen molar-refractivity contribution in [3.63, 3.8) is 0 Å². The van der Waals surface area contributed by atoms with E-state index in [2.05, 4.69) is 27.7 Å². The molecule has 3 N–H and O–H groups in total. The summed E-state index contributed by atoms with van der Waals surface area (Å²) in [6, 6.07) is 19.1. The molecule has 0 aromatic heterocycles. The van der Waals surface area contributed by atoms with Gasteiger partial charge in [0.1, 0.15) is 12.4 Å². The van der Waals surface area contributed by atoms with Crippen molar-refractivity contribution in [1.29, 1.82) is 0 Å². The van der Waals surface area contributed by atoms with Crippen LogP contribution in [0.2, 0.25) is 0 Å². The summed E-state index contributed by atoms with van der Waals surface area (Å²) in [5.74, 6) is -0.734. The number of ether oxygens (including phenoxy) is 3. The van der Waals surface area contributed by atoms with Crippen LogP contribution in [0, 0.1) is 0 Å². The van der Waals surface area contributed by atoms with Gasteiger partial charge in [0.05, 0.1) is 12.8 Å². The predicted octanol–water partition coefficient (Wildman–Crippen LogP) is 4.32. The predicted molar refractivity (Wildman–Crippen MR) is 154 cm³/mol. The number of nitrogens with one attached hydrogen (secondary N) is 3. The van der Waals surface area contributed by atoms with Crippen LogP contribution >= 0.6 is 0 Å². The normalized spacial score (nSPS) is 10.4. The van der Waals surface area contributed by atoms with E-state index in [1.54, 1.807) is 48.5 Å². The Morgan fingerprint density at radius 2 is 1.65 bits per heavy atom. The average Bonchev–Trinajstić information content (AvgIpc) is 2.96. The van der Waals surface area contributed by atoms with Gasteiger partial charge < -0.3 is 24.8 Å². The van der Waals surface area contributed by atoms with Gasteiger partial charge in [-0.3, -0.25) is 14.4 Å². The molecule has 0 aliphatic rings. The van der Waals surface area contributed by atoms with Crippen molar-refractivity contribution >= 4 is 35.3 Å². The Balaban J connectivity index is 1.53. The van der Waals surface area contributed by atoms with Crippen LogP contribution in [0.15, 0.2) is 84.5 Å². The van der Waals surface area contributed by atoms with Gasteiger partial charge >= 0.3 is 11.8 Å². The summed E-state index contributed by atoms with van der Waals surface area (Å²) in [6.45, 7) is 7.93. The number of hydrogen-bond donors (Lipinski definition) is 3. The first kappa shape index (κ1) is 29.4. The maximum Gasteiger partial charge on any atom is 0.329 e. The molecule has 10 nitrogen and oxygen atoms in total. The van der Waals surface area contributed by atoms with E-state index in [1.165, 1.54) is 6.21 Å². The van der Waals surface area contributed by atoms with Gasteiger partial charge in [0, 0.05) is 11.4 Å². The van der Waals surface area contributed by atoms with E-state index < -0.39 is 11.8 Å². The summed E-state index contributed by atoms with van der Waals surface area (Å²) in [7, 11) is 0. The second kappa shape index (κ2) is 15.3. The number of anilines is 2. The molecule has 0 radical (unpaired) electrons. The Labute approximate surface area is 233 Å². The Morgan fingerprint density at radius 1 is 0.875 bits per heavy atom. The number of rotatable bonds is 13. The quantitative estimate of drug-likeness (QED) is 0.127. The van der Waals surface area contributed by atoms with Crippen molar-refractivity contribution in [2.45, 2.75) is 20.3 Å². The maximum atomic E-state index is 12.4. The molecule has 0 saturated heterocycles. The lowest BCUT2D eigenvalue weighted by Gasteiger charge is -2.13. The number of carbonyl (C=O) groups excluding carboxylic acids is 3. The summed E-state index contributed by atoms with van der Waals surface area (Å²) >= 11 is 0. The molecule has 0 aliphatic carbocycles. The highest BCUT2D eigenvalue weighted by Gasteiger charge is 2.14. The molecular formula is C30H32N4O6. The van der Waals surface area contributed by atoms with Gasteiger partial charge in [0.2, 0.25) is 0 Å². The molecule has 0 unspecified atom stereocenters.